The van der Waals surface area contributed by atoms with Crippen LogP contribution >= 0.6 is 0 Å². The van der Waals surface area contributed by atoms with Crippen molar-refractivity contribution in [1.82, 2.24) is 0 Å². The van der Waals surface area contributed by atoms with Gasteiger partial charge in [-0.05, 0) is 73.1 Å². The molecule has 0 saturated heterocycles. The third kappa shape index (κ3) is 9.56. The first kappa shape index (κ1) is 31.5. The van der Waals surface area contributed by atoms with Crippen molar-refractivity contribution in [3.8, 4) is 5.75 Å². The maximum absolute atomic E-state index is 13.3. The Morgan fingerprint density at radius 2 is 1.41 bits per heavy atom. The van der Waals surface area contributed by atoms with Gasteiger partial charge in [-0.3, -0.25) is 9.59 Å². The van der Waals surface area contributed by atoms with Crippen molar-refractivity contribution in [2.75, 3.05) is 0 Å². The molecule has 0 spiro atoms. The quantitative estimate of drug-likeness (QED) is 0.150. The molecule has 0 aliphatic carbocycles. The lowest BCUT2D eigenvalue weighted by molar-refractivity contribution is -0.161. The van der Waals surface area contributed by atoms with Crippen LogP contribution in [0.15, 0.2) is 84.9 Å². The van der Waals surface area contributed by atoms with Crippen molar-refractivity contribution in [1.29, 1.82) is 0 Å². The van der Waals surface area contributed by atoms with Crippen LogP contribution in [0.25, 0.3) is 0 Å². The number of ether oxygens (including phenoxy) is 1. The molecule has 0 saturated carbocycles. The van der Waals surface area contributed by atoms with E-state index in [1.807, 2.05) is 74.5 Å². The van der Waals surface area contributed by atoms with E-state index in [1.54, 1.807) is 18.2 Å². The number of benzene rings is 3. The molecule has 1 amide bonds. The first-order valence-electron chi connectivity index (χ1n) is 13.7. The summed E-state index contributed by atoms with van der Waals surface area (Å²) in [6, 6.07) is 21.0. The van der Waals surface area contributed by atoms with E-state index in [-0.39, 0.29) is 25.0 Å². The molecule has 3 aromatic rings. The van der Waals surface area contributed by atoms with E-state index in [1.165, 1.54) is 6.08 Å². The third-order valence-corrected chi connectivity index (χ3v) is 7.18. The van der Waals surface area contributed by atoms with Crippen molar-refractivity contribution in [2.24, 2.45) is 17.4 Å². The van der Waals surface area contributed by atoms with E-state index >= 15 is 0 Å². The van der Waals surface area contributed by atoms with E-state index < -0.39 is 42.1 Å². The predicted octanol–water partition coefficient (Wildman–Crippen LogP) is 3.05. The van der Waals surface area contributed by atoms with E-state index in [4.69, 9.17) is 16.2 Å². The predicted molar refractivity (Wildman–Crippen MR) is 158 cm³/mol. The Bertz CT molecular complexity index is 1290. The Balaban J connectivity index is 1.69. The molecule has 8 nitrogen and oxygen atoms in total. The van der Waals surface area contributed by atoms with Crippen LogP contribution in [-0.2, 0) is 33.6 Å². The minimum Gasteiger partial charge on any atom is -0.508 e. The van der Waals surface area contributed by atoms with Gasteiger partial charge in [-0.1, -0.05) is 72.8 Å². The summed E-state index contributed by atoms with van der Waals surface area (Å²) in [5, 5.41) is 31.5. The number of hydrogen-bond donors (Lipinski definition) is 5. The third-order valence-electron chi connectivity index (χ3n) is 7.18. The topological polar surface area (TPSA) is 156 Å². The summed E-state index contributed by atoms with van der Waals surface area (Å²) in [6.07, 6.45) is 0.539. The number of esters is 1. The molecule has 0 aromatic heterocycles. The molecule has 0 aliphatic heterocycles. The smallest absolute Gasteiger partial charge is 0.313 e. The van der Waals surface area contributed by atoms with Crippen molar-refractivity contribution < 1.29 is 29.6 Å². The summed E-state index contributed by atoms with van der Waals surface area (Å²) in [5.41, 5.74) is 16.1. The monoisotopic (exact) mass is 560 g/mol. The van der Waals surface area contributed by atoms with Crippen LogP contribution < -0.4 is 11.5 Å². The van der Waals surface area contributed by atoms with Gasteiger partial charge in [0.25, 0.3) is 5.91 Å². The average molecular weight is 561 g/mol. The van der Waals surface area contributed by atoms with Crippen LogP contribution in [0.4, 0.5) is 0 Å². The zero-order chi connectivity index (χ0) is 29.9. The number of hydrogen-bond acceptors (Lipinski definition) is 7. The highest BCUT2D eigenvalue weighted by Gasteiger charge is 2.31. The molecule has 5 atom stereocenters. The van der Waals surface area contributed by atoms with E-state index in [2.05, 4.69) is 0 Å². The molecule has 41 heavy (non-hydrogen) atoms. The summed E-state index contributed by atoms with van der Waals surface area (Å²) < 4.78 is 5.54. The highest BCUT2D eigenvalue weighted by molar-refractivity contribution is 5.83. The zero-order valence-electron chi connectivity index (χ0n) is 23.5. The number of aromatic hydroxyl groups is 1. The number of carbonyl (C=O) groups excluding carboxylic acids is 2. The van der Waals surface area contributed by atoms with Crippen LogP contribution in [0.3, 0.4) is 0 Å². The molecule has 3 rings (SSSR count). The Hall–Kier alpha value is -3.98. The van der Waals surface area contributed by atoms with Gasteiger partial charge in [-0.2, -0.15) is 0 Å². The van der Waals surface area contributed by atoms with Gasteiger partial charge in [-0.25, -0.2) is 0 Å². The van der Waals surface area contributed by atoms with Gasteiger partial charge in [0.05, 0.1) is 18.1 Å². The SMILES string of the molecule is Cc1cc(O)cc(C)c1CC(N)C(O)CC=CC(O)C(Cc1ccccc1)C(=O)OC(Cc1ccccc1)C(N)=O. The van der Waals surface area contributed by atoms with Crippen LogP contribution in [0.1, 0.15) is 34.2 Å². The van der Waals surface area contributed by atoms with Gasteiger partial charge >= 0.3 is 5.97 Å². The summed E-state index contributed by atoms with van der Waals surface area (Å²) in [4.78, 5) is 25.4. The normalized spacial score (nSPS) is 15.1. The lowest BCUT2D eigenvalue weighted by Crippen LogP contribution is -2.39. The Morgan fingerprint density at radius 3 is 1.95 bits per heavy atom. The molecule has 7 N–H and O–H groups in total. The molecule has 0 aliphatic rings. The van der Waals surface area contributed by atoms with E-state index in [9.17, 15) is 24.9 Å². The van der Waals surface area contributed by atoms with Crippen LogP contribution in [0.2, 0.25) is 0 Å². The largest absolute Gasteiger partial charge is 0.508 e. The number of primary amides is 1. The molecule has 0 heterocycles. The van der Waals surface area contributed by atoms with E-state index in [0.717, 1.165) is 27.8 Å². The number of aryl methyl sites for hydroxylation is 2. The van der Waals surface area contributed by atoms with Crippen LogP contribution in [-0.4, -0.2) is 51.5 Å². The minimum absolute atomic E-state index is 0.121. The summed E-state index contributed by atoms with van der Waals surface area (Å²) in [5.74, 6) is -2.36. The lowest BCUT2D eigenvalue weighted by Gasteiger charge is -2.23. The number of rotatable bonds is 14. The first-order valence-corrected chi connectivity index (χ1v) is 13.7. The maximum atomic E-state index is 13.3. The van der Waals surface area contributed by atoms with Crippen LogP contribution in [0, 0.1) is 19.8 Å². The van der Waals surface area contributed by atoms with Crippen molar-refractivity contribution in [3.63, 3.8) is 0 Å². The van der Waals surface area contributed by atoms with Crippen LogP contribution in [0.5, 0.6) is 5.75 Å². The Kier molecular flexibility index (Phi) is 11.6. The summed E-state index contributed by atoms with van der Waals surface area (Å²) >= 11 is 0. The fourth-order valence-corrected chi connectivity index (χ4v) is 4.80. The standard InChI is InChI=1S/C33H40N2O6/c1-21-16-25(36)17-22(2)26(21)20-28(34)30(38)15-9-14-29(37)27(18-23-10-5-3-6-11-23)33(40)41-31(32(35)39)19-24-12-7-4-8-13-24/h3-14,16-17,27-31,36-38H,15,18-20,34H2,1-2H3,(H2,35,39). The molecule has 0 bridgehead atoms. The zero-order valence-corrected chi connectivity index (χ0v) is 23.5. The second kappa shape index (κ2) is 15.1. The second-order valence-electron chi connectivity index (χ2n) is 10.5. The minimum atomic E-state index is -1.25. The van der Waals surface area contributed by atoms with Gasteiger partial charge in [0, 0.05) is 12.5 Å². The number of nitrogens with two attached hydrogens (primary N) is 2. The number of aliphatic hydroxyl groups excluding tert-OH is 2. The maximum Gasteiger partial charge on any atom is 0.313 e. The van der Waals surface area contributed by atoms with E-state index in [0.29, 0.717) is 6.42 Å². The van der Waals surface area contributed by atoms with Crippen molar-refractivity contribution in [3.05, 3.63) is 113 Å². The average Bonchev–Trinajstić information content (AvgIpc) is 2.94. The van der Waals surface area contributed by atoms with Gasteiger partial charge in [0.2, 0.25) is 0 Å². The first-order chi connectivity index (χ1) is 19.5. The number of phenolic OH excluding ortho intramolecular Hbond substituents is 1. The molecule has 5 unspecified atom stereocenters. The summed E-state index contributed by atoms with van der Waals surface area (Å²) in [7, 11) is 0. The fourth-order valence-electron chi connectivity index (χ4n) is 4.80. The number of amides is 1. The molecule has 8 heteroatoms. The second-order valence-corrected chi connectivity index (χ2v) is 10.5. The van der Waals surface area contributed by atoms with Crippen molar-refractivity contribution in [2.45, 2.75) is 63.9 Å². The molecular formula is C33H40N2O6. The van der Waals surface area contributed by atoms with Gasteiger partial charge in [-0.15, -0.1) is 0 Å². The fraction of sp³-hybridized carbons (Fsp3) is 0.333. The van der Waals surface area contributed by atoms with Crippen molar-refractivity contribution >= 4 is 11.9 Å². The molecule has 3 aromatic carbocycles. The van der Waals surface area contributed by atoms with Gasteiger partial charge < -0.3 is 31.5 Å². The number of phenols is 1. The summed E-state index contributed by atoms with van der Waals surface area (Å²) in [6.45, 7) is 3.76. The highest BCUT2D eigenvalue weighted by atomic mass is 16.5. The molecule has 0 radical (unpaired) electrons. The Morgan fingerprint density at radius 1 is 0.878 bits per heavy atom. The lowest BCUT2D eigenvalue weighted by atomic mass is 9.92. The highest BCUT2D eigenvalue weighted by Crippen LogP contribution is 2.23. The number of aliphatic hydroxyl groups is 2. The Labute approximate surface area is 241 Å². The molecule has 218 valence electrons. The molecule has 0 fully saturated rings. The van der Waals surface area contributed by atoms with Gasteiger partial charge in [0.15, 0.2) is 6.10 Å². The number of carbonyl (C=O) groups is 2. The van der Waals surface area contributed by atoms with Gasteiger partial charge in [0.1, 0.15) is 5.75 Å². The molecular weight excluding hydrogens is 520 g/mol.